The zero-order valence-corrected chi connectivity index (χ0v) is 26.4. The van der Waals surface area contributed by atoms with Crippen molar-refractivity contribution in [2.24, 2.45) is 11.8 Å². The van der Waals surface area contributed by atoms with Crippen LogP contribution in [-0.2, 0) is 10.2 Å². The number of aromatic nitrogens is 2. The lowest BCUT2D eigenvalue weighted by molar-refractivity contribution is 0.0515. The van der Waals surface area contributed by atoms with Crippen molar-refractivity contribution in [2.45, 2.75) is 38.5 Å². The first-order chi connectivity index (χ1) is 21.0. The number of nitrogens with one attached hydrogen (secondary N) is 2. The molecule has 6 rings (SSSR count). The number of anilines is 4. The molecule has 0 bridgehead atoms. The lowest BCUT2D eigenvalue weighted by atomic mass is 9.74. The summed E-state index contributed by atoms with van der Waals surface area (Å²) in [6.07, 6.45) is 3.18. The Morgan fingerprint density at radius 2 is 1.42 bits per heavy atom. The molecule has 2 atom stereocenters. The van der Waals surface area contributed by atoms with Gasteiger partial charge in [-0.2, -0.15) is 9.97 Å². The minimum atomic E-state index is -0.0162. The van der Waals surface area contributed by atoms with Gasteiger partial charge in [0.15, 0.2) is 5.11 Å². The molecule has 0 amide bonds. The highest BCUT2D eigenvalue weighted by atomic mass is 32.1. The molecule has 2 aromatic carbocycles. The lowest BCUT2D eigenvalue weighted by Crippen LogP contribution is -2.47. The van der Waals surface area contributed by atoms with Crippen LogP contribution < -0.4 is 25.3 Å². The molecule has 8 nitrogen and oxygen atoms in total. The smallest absolute Gasteiger partial charge is 0.232 e. The zero-order chi connectivity index (χ0) is 29.6. The van der Waals surface area contributed by atoms with Gasteiger partial charge in [-0.3, -0.25) is 0 Å². The Bertz CT molecular complexity index is 1330. The highest BCUT2D eigenvalue weighted by Crippen LogP contribution is 2.34. The molecule has 9 heteroatoms. The molecular formula is C34H45N7OS. The Balaban J connectivity index is 1.19. The third-order valence-corrected chi connectivity index (χ3v) is 9.51. The predicted molar refractivity (Wildman–Crippen MR) is 180 cm³/mol. The Labute approximate surface area is 261 Å². The van der Waals surface area contributed by atoms with E-state index < -0.39 is 0 Å². The van der Waals surface area contributed by atoms with Crippen LogP contribution in [0.1, 0.15) is 38.7 Å². The average Bonchev–Trinajstić information content (AvgIpc) is 3.04. The van der Waals surface area contributed by atoms with Gasteiger partial charge in [-0.15, -0.1) is 0 Å². The normalized spacial score (nSPS) is 22.2. The number of piperazine rings is 1. The van der Waals surface area contributed by atoms with E-state index in [1.807, 2.05) is 0 Å². The summed E-state index contributed by atoms with van der Waals surface area (Å²) in [7, 11) is 0. The minimum absolute atomic E-state index is 0.0162. The summed E-state index contributed by atoms with van der Waals surface area (Å²) in [4.78, 5) is 17.3. The third-order valence-electron chi connectivity index (χ3n) is 9.27. The van der Waals surface area contributed by atoms with Crippen LogP contribution in [0.15, 0.2) is 66.7 Å². The maximum Gasteiger partial charge on any atom is 0.232 e. The second kappa shape index (κ2) is 13.5. The van der Waals surface area contributed by atoms with Crippen molar-refractivity contribution in [3.05, 3.63) is 72.3 Å². The summed E-state index contributed by atoms with van der Waals surface area (Å²) < 4.78 is 5.73. The molecule has 0 radical (unpaired) electrons. The summed E-state index contributed by atoms with van der Waals surface area (Å²) >= 11 is 5.84. The van der Waals surface area contributed by atoms with Crippen molar-refractivity contribution in [1.29, 1.82) is 0 Å². The van der Waals surface area contributed by atoms with Crippen LogP contribution in [0.5, 0.6) is 0 Å². The van der Waals surface area contributed by atoms with Crippen molar-refractivity contribution in [3.8, 4) is 0 Å². The zero-order valence-electron chi connectivity index (χ0n) is 25.5. The molecule has 3 aliphatic rings. The minimum Gasteiger partial charge on any atom is -0.381 e. The summed E-state index contributed by atoms with van der Waals surface area (Å²) in [5, 5.41) is 7.45. The maximum absolute atomic E-state index is 5.84. The Kier molecular flexibility index (Phi) is 9.28. The number of para-hydroxylation sites is 1. The molecule has 1 aromatic heterocycles. The van der Waals surface area contributed by atoms with Gasteiger partial charge in [0.25, 0.3) is 0 Å². The molecule has 228 valence electrons. The molecule has 3 saturated heterocycles. The highest BCUT2D eigenvalue weighted by Gasteiger charge is 2.34. The van der Waals surface area contributed by atoms with Crippen molar-refractivity contribution in [2.75, 3.05) is 79.0 Å². The Morgan fingerprint density at radius 3 is 2.07 bits per heavy atom. The summed E-state index contributed by atoms with van der Waals surface area (Å²) in [6.45, 7) is 12.7. The molecular weight excluding hydrogens is 554 g/mol. The highest BCUT2D eigenvalue weighted by molar-refractivity contribution is 7.80. The number of piperidine rings is 1. The van der Waals surface area contributed by atoms with Gasteiger partial charge in [0.2, 0.25) is 5.95 Å². The third kappa shape index (κ3) is 7.21. The molecule has 3 aromatic rings. The van der Waals surface area contributed by atoms with E-state index in [2.05, 4.69) is 106 Å². The summed E-state index contributed by atoms with van der Waals surface area (Å²) in [6, 6.07) is 23.6. The number of nitrogens with zero attached hydrogens (tertiary/aromatic N) is 5. The monoisotopic (exact) mass is 599 g/mol. The van der Waals surface area contributed by atoms with Gasteiger partial charge in [-0.25, -0.2) is 0 Å². The van der Waals surface area contributed by atoms with E-state index in [1.165, 1.54) is 17.7 Å². The maximum atomic E-state index is 5.84. The molecule has 3 fully saturated rings. The van der Waals surface area contributed by atoms with Gasteiger partial charge in [0.1, 0.15) is 11.6 Å². The number of hydrogen-bond acceptors (Lipinski definition) is 7. The summed E-state index contributed by atoms with van der Waals surface area (Å²) in [5.41, 5.74) is 2.59. The van der Waals surface area contributed by atoms with Crippen LogP contribution in [0.3, 0.4) is 0 Å². The predicted octanol–water partition coefficient (Wildman–Crippen LogP) is 5.32. The van der Waals surface area contributed by atoms with Crippen molar-refractivity contribution in [3.63, 3.8) is 0 Å². The average molecular weight is 600 g/mol. The molecule has 0 saturated carbocycles. The number of rotatable bonds is 7. The first-order valence-corrected chi connectivity index (χ1v) is 16.3. The van der Waals surface area contributed by atoms with E-state index >= 15 is 0 Å². The van der Waals surface area contributed by atoms with E-state index in [0.717, 1.165) is 83.5 Å². The van der Waals surface area contributed by atoms with Gasteiger partial charge in [-0.05, 0) is 61.0 Å². The fourth-order valence-electron chi connectivity index (χ4n) is 7.00. The quantitative estimate of drug-likeness (QED) is 0.351. The van der Waals surface area contributed by atoms with E-state index in [0.29, 0.717) is 22.9 Å². The first kappa shape index (κ1) is 29.6. The van der Waals surface area contributed by atoms with E-state index in [9.17, 15) is 0 Å². The van der Waals surface area contributed by atoms with E-state index in [1.54, 1.807) is 0 Å². The van der Waals surface area contributed by atoms with Gasteiger partial charge >= 0.3 is 0 Å². The fourth-order valence-corrected chi connectivity index (χ4v) is 7.16. The van der Waals surface area contributed by atoms with E-state index in [-0.39, 0.29) is 5.41 Å². The lowest BCUT2D eigenvalue weighted by Gasteiger charge is -2.39. The van der Waals surface area contributed by atoms with Crippen LogP contribution in [0.25, 0.3) is 0 Å². The number of benzene rings is 2. The molecule has 4 heterocycles. The largest absolute Gasteiger partial charge is 0.381 e. The SMILES string of the molecule is C[C@@H]1C[C@@H](C)CN(c2cc(N3CCN(c4ccccc4)CC3)nc(NC(=S)NCC3(c4ccccc4)CCOCC3)n2)C1. The number of thiocarbonyl (C=S) groups is 1. The van der Waals surface area contributed by atoms with Crippen LogP contribution in [0.4, 0.5) is 23.3 Å². The van der Waals surface area contributed by atoms with Crippen LogP contribution >= 0.6 is 12.2 Å². The van der Waals surface area contributed by atoms with Crippen molar-refractivity contribution < 1.29 is 4.74 Å². The fraction of sp³-hybridized carbons (Fsp3) is 0.500. The van der Waals surface area contributed by atoms with Gasteiger partial charge in [-0.1, -0.05) is 62.4 Å². The van der Waals surface area contributed by atoms with Gasteiger partial charge in [0.05, 0.1) is 0 Å². The Hall–Kier alpha value is -3.43. The molecule has 2 N–H and O–H groups in total. The molecule has 43 heavy (non-hydrogen) atoms. The van der Waals surface area contributed by atoms with E-state index in [4.69, 9.17) is 26.9 Å². The van der Waals surface area contributed by atoms with Gasteiger partial charge < -0.3 is 30.1 Å². The van der Waals surface area contributed by atoms with Crippen LogP contribution in [0.2, 0.25) is 0 Å². The summed E-state index contributed by atoms with van der Waals surface area (Å²) in [5.74, 6) is 3.75. The first-order valence-electron chi connectivity index (χ1n) is 15.8. The second-order valence-electron chi connectivity index (χ2n) is 12.6. The second-order valence-corrected chi connectivity index (χ2v) is 13.0. The van der Waals surface area contributed by atoms with Crippen LogP contribution in [0, 0.1) is 11.8 Å². The van der Waals surface area contributed by atoms with Crippen molar-refractivity contribution in [1.82, 2.24) is 15.3 Å². The number of hydrogen-bond donors (Lipinski definition) is 2. The van der Waals surface area contributed by atoms with Crippen LogP contribution in [-0.4, -0.2) is 74.1 Å². The Morgan fingerprint density at radius 1 is 0.837 bits per heavy atom. The van der Waals surface area contributed by atoms with Gasteiger partial charge in [0, 0.05) is 76.2 Å². The molecule has 0 unspecified atom stereocenters. The number of ether oxygens (including phenoxy) is 1. The van der Waals surface area contributed by atoms with Crippen molar-refractivity contribution >= 4 is 40.6 Å². The topological polar surface area (TPSA) is 68.8 Å². The molecule has 0 aliphatic carbocycles. The standard InChI is InChI=1S/C34H45N7OS/c1-26-21-27(2)24-41(23-26)31-22-30(40-17-15-39(16-18-40)29-11-7-4-8-12-29)36-32(37-31)38-33(43)35-25-34(13-19-42-20-14-34)28-9-5-3-6-10-28/h3-12,22,26-27H,13-21,23-25H2,1-2H3,(H2,35,36,37,38,43)/t26-,27-/m1/s1. The molecule has 3 aliphatic heterocycles. The molecule has 0 spiro atoms.